The summed E-state index contributed by atoms with van der Waals surface area (Å²) in [7, 11) is 8.09. The molecule has 174 valence electrons. The van der Waals surface area contributed by atoms with E-state index in [1.165, 1.54) is 56.9 Å². The van der Waals surface area contributed by atoms with E-state index in [-0.39, 0.29) is 18.3 Å². The minimum atomic E-state index is 0. The van der Waals surface area contributed by atoms with Crippen LogP contribution in [0.2, 0.25) is 0 Å². The van der Waals surface area contributed by atoms with Crippen molar-refractivity contribution in [3.63, 3.8) is 0 Å². The van der Waals surface area contributed by atoms with Crippen molar-refractivity contribution in [2.75, 3.05) is 41.3 Å². The van der Waals surface area contributed by atoms with Gasteiger partial charge in [0.2, 0.25) is 5.91 Å². The van der Waals surface area contributed by atoms with Crippen molar-refractivity contribution in [1.82, 2.24) is 4.90 Å². The van der Waals surface area contributed by atoms with Crippen LogP contribution in [0.15, 0.2) is 24.3 Å². The van der Waals surface area contributed by atoms with Gasteiger partial charge in [-0.05, 0) is 30.7 Å². The lowest BCUT2D eigenvalue weighted by Gasteiger charge is -2.32. The van der Waals surface area contributed by atoms with Crippen molar-refractivity contribution in [2.24, 2.45) is 0 Å². The molecule has 0 saturated heterocycles. The van der Waals surface area contributed by atoms with Crippen LogP contribution in [0.1, 0.15) is 76.7 Å². The summed E-state index contributed by atoms with van der Waals surface area (Å²) >= 11 is 0. The van der Waals surface area contributed by atoms with Crippen molar-refractivity contribution in [1.29, 1.82) is 0 Å². The van der Waals surface area contributed by atoms with Crippen molar-refractivity contribution in [3.8, 4) is 5.75 Å². The summed E-state index contributed by atoms with van der Waals surface area (Å²) < 4.78 is 6.09. The lowest BCUT2D eigenvalue weighted by Crippen LogP contribution is -2.45. The van der Waals surface area contributed by atoms with Gasteiger partial charge in [0.1, 0.15) is 12.3 Å². The number of amides is 1. The van der Waals surface area contributed by atoms with Gasteiger partial charge in [0.15, 0.2) is 0 Å². The Morgan fingerprint density at radius 2 is 1.47 bits per heavy atom. The largest absolute Gasteiger partial charge is 0.497 e. The predicted octanol–water partition coefficient (Wildman–Crippen LogP) is 6.07. The predicted molar refractivity (Wildman–Crippen MR) is 130 cm³/mol. The molecule has 0 radical (unpaired) electrons. The van der Waals surface area contributed by atoms with Crippen LogP contribution in [-0.4, -0.2) is 56.6 Å². The summed E-state index contributed by atoms with van der Waals surface area (Å²) in [6, 6.07) is 8.27. The van der Waals surface area contributed by atoms with Gasteiger partial charge in [-0.15, -0.1) is 12.4 Å². The number of hydrogen-bond acceptors (Lipinski definition) is 2. The summed E-state index contributed by atoms with van der Waals surface area (Å²) in [6.07, 6.45) is 12.3. The van der Waals surface area contributed by atoms with Crippen LogP contribution >= 0.6 is 12.4 Å². The average molecular weight is 442 g/mol. The molecule has 30 heavy (non-hydrogen) atoms. The molecule has 5 heteroatoms. The van der Waals surface area contributed by atoms with Gasteiger partial charge in [0, 0.05) is 19.0 Å². The van der Waals surface area contributed by atoms with Gasteiger partial charge in [-0.3, -0.25) is 4.79 Å². The van der Waals surface area contributed by atoms with Crippen LogP contribution in [0.4, 0.5) is 0 Å². The highest BCUT2D eigenvalue weighted by Crippen LogP contribution is 2.15. The minimum Gasteiger partial charge on any atom is -0.497 e. The minimum absolute atomic E-state index is 0. The molecule has 0 N–H and O–H groups in total. The van der Waals surface area contributed by atoms with Crippen LogP contribution in [0.3, 0.4) is 0 Å². The molecule has 4 nitrogen and oxygen atoms in total. The van der Waals surface area contributed by atoms with E-state index in [1.54, 1.807) is 7.11 Å². The number of halogens is 1. The van der Waals surface area contributed by atoms with Gasteiger partial charge in [-0.25, -0.2) is 0 Å². The SMILES string of the molecule is CCCCCCCCCCCC(=O)N(C)CC[N+](C)(C)Cc1ccc(OC)cc1.Cl. The molecule has 0 fully saturated rings. The van der Waals surface area contributed by atoms with E-state index in [9.17, 15) is 4.79 Å². The number of quaternary nitrogens is 1. The van der Waals surface area contributed by atoms with Gasteiger partial charge in [-0.2, -0.15) is 0 Å². The molecule has 1 rings (SSSR count). The van der Waals surface area contributed by atoms with E-state index in [1.807, 2.05) is 24.1 Å². The Balaban J connectivity index is 0.00000841. The fourth-order valence-corrected chi connectivity index (χ4v) is 3.63. The zero-order valence-electron chi connectivity index (χ0n) is 20.1. The Bertz CT molecular complexity index is 561. The number of unbranched alkanes of at least 4 members (excludes halogenated alkanes) is 8. The number of ether oxygens (including phenoxy) is 1. The van der Waals surface area contributed by atoms with E-state index in [0.717, 1.165) is 36.3 Å². The third kappa shape index (κ3) is 13.1. The van der Waals surface area contributed by atoms with Crippen LogP contribution < -0.4 is 4.74 Å². The first-order valence-corrected chi connectivity index (χ1v) is 11.6. The molecule has 0 spiro atoms. The third-order valence-corrected chi connectivity index (χ3v) is 5.73. The maximum absolute atomic E-state index is 12.4. The molecule has 1 amide bonds. The fraction of sp³-hybridized carbons (Fsp3) is 0.720. The molecular formula is C25H46ClN2O2+. The molecule has 0 heterocycles. The van der Waals surface area contributed by atoms with Crippen LogP contribution in [0, 0.1) is 0 Å². The van der Waals surface area contributed by atoms with Gasteiger partial charge < -0.3 is 14.1 Å². The van der Waals surface area contributed by atoms with E-state index in [4.69, 9.17) is 4.74 Å². The zero-order valence-corrected chi connectivity index (χ0v) is 20.9. The highest BCUT2D eigenvalue weighted by atomic mass is 35.5. The molecule has 0 unspecified atom stereocenters. The van der Waals surface area contributed by atoms with Crippen molar-refractivity contribution >= 4 is 18.3 Å². The second-order valence-corrected chi connectivity index (χ2v) is 9.06. The highest BCUT2D eigenvalue weighted by molar-refractivity contribution is 5.85. The van der Waals surface area contributed by atoms with Gasteiger partial charge in [0.05, 0.1) is 34.3 Å². The maximum Gasteiger partial charge on any atom is 0.222 e. The van der Waals surface area contributed by atoms with E-state index >= 15 is 0 Å². The summed E-state index contributed by atoms with van der Waals surface area (Å²) in [5, 5.41) is 0. The Hall–Kier alpha value is -1.26. The molecule has 0 aromatic heterocycles. The number of carbonyl (C=O) groups is 1. The summed E-state index contributed by atoms with van der Waals surface area (Å²) in [4.78, 5) is 14.3. The monoisotopic (exact) mass is 441 g/mol. The second-order valence-electron chi connectivity index (χ2n) is 9.06. The number of likely N-dealkylation sites (N-methyl/N-ethyl adjacent to an activating group) is 2. The summed E-state index contributed by atoms with van der Waals surface area (Å²) in [5.41, 5.74) is 1.29. The van der Waals surface area contributed by atoms with Gasteiger partial charge in [-0.1, -0.05) is 58.3 Å². The molecule has 0 atom stereocenters. The third-order valence-electron chi connectivity index (χ3n) is 5.73. The molecule has 0 saturated carbocycles. The molecule has 1 aromatic rings. The van der Waals surface area contributed by atoms with Gasteiger partial charge in [0.25, 0.3) is 0 Å². The first-order valence-electron chi connectivity index (χ1n) is 11.6. The second kappa shape index (κ2) is 16.4. The molecule has 0 aliphatic rings. The Kier molecular flexibility index (Phi) is 15.7. The lowest BCUT2D eigenvalue weighted by molar-refractivity contribution is -0.903. The summed E-state index contributed by atoms with van der Waals surface area (Å²) in [6.45, 7) is 4.96. The highest BCUT2D eigenvalue weighted by Gasteiger charge is 2.18. The molecule has 0 bridgehead atoms. The number of benzene rings is 1. The Morgan fingerprint density at radius 1 is 0.933 bits per heavy atom. The average Bonchev–Trinajstić information content (AvgIpc) is 2.71. The quantitative estimate of drug-likeness (QED) is 0.230. The van der Waals surface area contributed by atoms with Crippen LogP contribution in [-0.2, 0) is 11.3 Å². The Labute approximate surface area is 192 Å². The number of methoxy groups -OCH3 is 1. The number of nitrogens with zero attached hydrogens (tertiary/aromatic N) is 2. The van der Waals surface area contributed by atoms with Crippen molar-refractivity contribution in [3.05, 3.63) is 29.8 Å². The number of rotatable bonds is 16. The van der Waals surface area contributed by atoms with Gasteiger partial charge >= 0.3 is 0 Å². The first-order chi connectivity index (χ1) is 13.9. The molecule has 1 aromatic carbocycles. The lowest BCUT2D eigenvalue weighted by atomic mass is 10.1. The van der Waals surface area contributed by atoms with E-state index < -0.39 is 0 Å². The van der Waals surface area contributed by atoms with Crippen LogP contribution in [0.25, 0.3) is 0 Å². The van der Waals surface area contributed by atoms with Crippen molar-refractivity contribution < 1.29 is 14.0 Å². The van der Waals surface area contributed by atoms with E-state index in [2.05, 4.69) is 33.2 Å². The maximum atomic E-state index is 12.4. The topological polar surface area (TPSA) is 29.5 Å². The standard InChI is InChI=1S/C25H45N2O2.ClH/c1-6-7-8-9-10-11-12-13-14-15-25(28)26(2)20-21-27(3,4)22-23-16-18-24(29-5)19-17-23;/h16-19H,6-15,20-22H2,1-5H3;1H/q+1;. The molecule has 0 aliphatic heterocycles. The first kappa shape index (κ1) is 28.7. The summed E-state index contributed by atoms with van der Waals surface area (Å²) in [5.74, 6) is 1.18. The molecule has 0 aliphatic carbocycles. The fourth-order valence-electron chi connectivity index (χ4n) is 3.63. The number of carbonyl (C=O) groups excluding carboxylic acids is 1. The normalized spacial score (nSPS) is 11.1. The van der Waals surface area contributed by atoms with Crippen molar-refractivity contribution in [2.45, 2.75) is 77.7 Å². The zero-order chi connectivity index (χ0) is 21.5. The smallest absolute Gasteiger partial charge is 0.222 e. The number of hydrogen-bond donors (Lipinski definition) is 0. The Morgan fingerprint density at radius 3 is 2.00 bits per heavy atom. The van der Waals surface area contributed by atoms with E-state index in [0.29, 0.717) is 6.42 Å². The molecular weight excluding hydrogens is 396 g/mol. The van der Waals surface area contributed by atoms with Crippen LogP contribution in [0.5, 0.6) is 5.75 Å².